The maximum Gasteiger partial charge on any atom is 0.237 e. The van der Waals surface area contributed by atoms with Crippen molar-refractivity contribution >= 4 is 39.9 Å². The molecule has 1 amide bonds. The first-order valence-electron chi connectivity index (χ1n) is 12.3. The van der Waals surface area contributed by atoms with Crippen LogP contribution < -0.4 is 20.7 Å². The fourth-order valence-corrected chi connectivity index (χ4v) is 4.04. The molecule has 1 fully saturated rings. The monoisotopic (exact) mass is 531 g/mol. The van der Waals surface area contributed by atoms with Gasteiger partial charge in [0.25, 0.3) is 0 Å². The van der Waals surface area contributed by atoms with Crippen molar-refractivity contribution in [3.8, 4) is 5.75 Å². The van der Waals surface area contributed by atoms with Crippen LogP contribution in [0.4, 0.5) is 15.9 Å². The summed E-state index contributed by atoms with van der Waals surface area (Å²) in [4.78, 5) is 21.1. The van der Waals surface area contributed by atoms with Gasteiger partial charge in [-0.25, -0.2) is 14.4 Å². The fraction of sp³-hybridized carbons (Fsp3) is 0.423. The van der Waals surface area contributed by atoms with Crippen LogP contribution in [0.25, 0.3) is 10.9 Å². The number of aromatic nitrogens is 2. The zero-order valence-corrected chi connectivity index (χ0v) is 21.6. The second kappa shape index (κ2) is 13.0. The van der Waals surface area contributed by atoms with Gasteiger partial charge < -0.3 is 30.2 Å². The first-order chi connectivity index (χ1) is 18.0. The zero-order valence-electron chi connectivity index (χ0n) is 20.9. The summed E-state index contributed by atoms with van der Waals surface area (Å²) in [5, 5.41) is 9.46. The predicted octanol–water partition coefficient (Wildman–Crippen LogP) is 4.31. The highest BCUT2D eigenvalue weighted by Crippen LogP contribution is 2.31. The Morgan fingerprint density at radius 2 is 2.14 bits per heavy atom. The number of hydrogen-bond donors (Lipinski definition) is 3. The molecule has 2 atom stereocenters. The lowest BCUT2D eigenvalue weighted by atomic mass is 10.1. The number of likely N-dealkylation sites (N-methyl/N-ethyl adjacent to an activating group) is 1. The van der Waals surface area contributed by atoms with Gasteiger partial charge in [0.2, 0.25) is 5.91 Å². The molecule has 3 aromatic rings. The lowest BCUT2D eigenvalue weighted by Gasteiger charge is -2.23. The van der Waals surface area contributed by atoms with Crippen molar-refractivity contribution in [1.82, 2.24) is 20.6 Å². The third-order valence-electron chi connectivity index (χ3n) is 6.08. The van der Waals surface area contributed by atoms with Gasteiger partial charge in [0.05, 0.1) is 28.9 Å². The van der Waals surface area contributed by atoms with Crippen molar-refractivity contribution in [2.24, 2.45) is 0 Å². The number of carbonyl (C=O) groups excluding carboxylic acids is 1. The van der Waals surface area contributed by atoms with Crippen LogP contribution in [0.5, 0.6) is 5.75 Å². The molecule has 1 aliphatic heterocycles. The molecule has 11 heteroatoms. The molecule has 1 aromatic heterocycles. The zero-order chi connectivity index (χ0) is 26.2. The largest absolute Gasteiger partial charge is 0.491 e. The van der Waals surface area contributed by atoms with Crippen molar-refractivity contribution in [2.75, 3.05) is 32.2 Å². The van der Waals surface area contributed by atoms with Crippen molar-refractivity contribution in [1.29, 1.82) is 0 Å². The first-order valence-corrected chi connectivity index (χ1v) is 12.6. The van der Waals surface area contributed by atoms with Gasteiger partial charge in [0.15, 0.2) is 12.1 Å². The van der Waals surface area contributed by atoms with Gasteiger partial charge in [-0.3, -0.25) is 4.79 Å². The number of nitrogens with zero attached hydrogens (tertiary/aromatic N) is 2. The molecule has 9 nitrogen and oxygen atoms in total. The highest BCUT2D eigenvalue weighted by molar-refractivity contribution is 6.31. The molecule has 0 radical (unpaired) electrons. The summed E-state index contributed by atoms with van der Waals surface area (Å²) in [5.41, 5.74) is 1.49. The van der Waals surface area contributed by atoms with E-state index in [0.717, 1.165) is 19.3 Å². The van der Waals surface area contributed by atoms with E-state index in [1.807, 2.05) is 6.07 Å². The van der Waals surface area contributed by atoms with Crippen molar-refractivity contribution in [2.45, 2.75) is 45.1 Å². The molecule has 198 valence electrons. The van der Waals surface area contributed by atoms with Crippen LogP contribution in [0.15, 0.2) is 36.7 Å². The minimum absolute atomic E-state index is 0.00180. The Kier molecular flexibility index (Phi) is 9.45. The molecule has 2 heterocycles. The van der Waals surface area contributed by atoms with Crippen LogP contribution in [-0.2, 0) is 20.8 Å². The van der Waals surface area contributed by atoms with E-state index in [9.17, 15) is 9.18 Å². The van der Waals surface area contributed by atoms with Crippen LogP contribution in [0, 0.1) is 5.82 Å². The van der Waals surface area contributed by atoms with E-state index >= 15 is 0 Å². The summed E-state index contributed by atoms with van der Waals surface area (Å²) in [7, 11) is 1.72. The average Bonchev–Trinajstić information content (AvgIpc) is 2.92. The van der Waals surface area contributed by atoms with Crippen molar-refractivity contribution in [3.63, 3.8) is 0 Å². The Morgan fingerprint density at radius 1 is 1.27 bits per heavy atom. The summed E-state index contributed by atoms with van der Waals surface area (Å²) in [5.74, 6) is 0.213. The first kappa shape index (κ1) is 27.0. The SMILES string of the molecule is CN[C@H](C)C(=O)NCc1cc2c(Nc3cccc(Cl)c3F)ncnc2cc1OCCOC1CCCCO1. The molecule has 37 heavy (non-hydrogen) atoms. The average molecular weight is 532 g/mol. The Labute approximate surface area is 220 Å². The molecule has 0 saturated carbocycles. The number of anilines is 2. The van der Waals surface area contributed by atoms with Crippen LogP contribution in [0.2, 0.25) is 5.02 Å². The molecular weight excluding hydrogens is 501 g/mol. The number of rotatable bonds is 11. The summed E-state index contributed by atoms with van der Waals surface area (Å²) >= 11 is 5.93. The van der Waals surface area contributed by atoms with Gasteiger partial charge in [-0.1, -0.05) is 17.7 Å². The number of fused-ring (bicyclic) bond motifs is 1. The van der Waals surface area contributed by atoms with E-state index in [0.29, 0.717) is 47.9 Å². The predicted molar refractivity (Wildman–Crippen MR) is 140 cm³/mol. The standard InChI is InChI=1S/C26H31ClFN5O4/c1-16(29-2)26(34)30-14-17-12-18-21(13-22(17)35-10-11-37-23-8-3-4-9-36-23)31-15-32-25(18)33-20-7-5-6-19(27)24(20)28/h5-7,12-13,15-16,23,29H,3-4,8-11,14H2,1-2H3,(H,30,34)(H,31,32,33)/t16-,23?/m1/s1. The second-order valence-electron chi connectivity index (χ2n) is 8.67. The fourth-order valence-electron chi connectivity index (χ4n) is 3.87. The molecule has 1 saturated heterocycles. The lowest BCUT2D eigenvalue weighted by molar-refractivity contribution is -0.165. The number of ether oxygens (including phenoxy) is 3. The number of hydrogen-bond acceptors (Lipinski definition) is 8. The topological polar surface area (TPSA) is 107 Å². The van der Waals surface area contributed by atoms with Crippen molar-refractivity contribution in [3.05, 3.63) is 53.1 Å². The Morgan fingerprint density at radius 3 is 2.92 bits per heavy atom. The molecule has 1 aliphatic rings. The van der Waals surface area contributed by atoms with Gasteiger partial charge in [-0.05, 0) is 51.4 Å². The third kappa shape index (κ3) is 7.04. The molecule has 3 N–H and O–H groups in total. The van der Waals surface area contributed by atoms with E-state index < -0.39 is 5.82 Å². The van der Waals surface area contributed by atoms with E-state index in [-0.39, 0.29) is 35.5 Å². The molecular formula is C26H31ClFN5O4. The Balaban J connectivity index is 1.57. The minimum atomic E-state index is -0.577. The van der Waals surface area contributed by atoms with Gasteiger partial charge >= 0.3 is 0 Å². The number of benzene rings is 2. The van der Waals surface area contributed by atoms with Crippen LogP contribution >= 0.6 is 11.6 Å². The third-order valence-corrected chi connectivity index (χ3v) is 6.38. The van der Waals surface area contributed by atoms with E-state index in [1.165, 1.54) is 12.4 Å². The van der Waals surface area contributed by atoms with Gasteiger partial charge in [0, 0.05) is 30.2 Å². The van der Waals surface area contributed by atoms with E-state index in [1.54, 1.807) is 32.2 Å². The highest BCUT2D eigenvalue weighted by atomic mass is 35.5. The van der Waals surface area contributed by atoms with Gasteiger partial charge in [-0.2, -0.15) is 0 Å². The molecule has 0 bridgehead atoms. The maximum absolute atomic E-state index is 14.5. The minimum Gasteiger partial charge on any atom is -0.491 e. The van der Waals surface area contributed by atoms with E-state index in [2.05, 4.69) is 25.9 Å². The lowest BCUT2D eigenvalue weighted by Crippen LogP contribution is -2.40. The number of amides is 1. The smallest absolute Gasteiger partial charge is 0.237 e. The summed E-state index contributed by atoms with van der Waals surface area (Å²) in [6, 6.07) is 7.93. The Bertz CT molecular complexity index is 1230. The molecule has 4 rings (SSSR count). The van der Waals surface area contributed by atoms with Crippen LogP contribution in [0.1, 0.15) is 31.7 Å². The van der Waals surface area contributed by atoms with Gasteiger partial charge in [-0.15, -0.1) is 0 Å². The maximum atomic E-state index is 14.5. The number of nitrogens with one attached hydrogen (secondary N) is 3. The van der Waals surface area contributed by atoms with Crippen LogP contribution in [0.3, 0.4) is 0 Å². The second-order valence-corrected chi connectivity index (χ2v) is 9.08. The van der Waals surface area contributed by atoms with Crippen LogP contribution in [-0.4, -0.2) is 55.1 Å². The summed E-state index contributed by atoms with van der Waals surface area (Å²) in [6.07, 6.45) is 4.19. The van der Waals surface area contributed by atoms with E-state index in [4.69, 9.17) is 25.8 Å². The quantitative estimate of drug-likeness (QED) is 0.314. The number of carbonyl (C=O) groups is 1. The van der Waals surface area contributed by atoms with Crippen molar-refractivity contribution < 1.29 is 23.4 Å². The molecule has 0 spiro atoms. The highest BCUT2D eigenvalue weighted by Gasteiger charge is 2.17. The van der Waals surface area contributed by atoms with Gasteiger partial charge in [0.1, 0.15) is 24.5 Å². The molecule has 0 aliphatic carbocycles. The normalized spacial score (nSPS) is 16.4. The molecule has 2 aromatic carbocycles. The molecule has 1 unspecified atom stereocenters. The number of halogens is 2. The summed E-state index contributed by atoms with van der Waals surface area (Å²) in [6.45, 7) is 3.34. The summed E-state index contributed by atoms with van der Waals surface area (Å²) < 4.78 is 31.9. The Hall–Kier alpha value is -3.05.